The van der Waals surface area contributed by atoms with Gasteiger partial charge in [-0.25, -0.2) is 4.42 Å². The lowest BCUT2D eigenvalue weighted by Crippen LogP contribution is -1.84. The van der Waals surface area contributed by atoms with Crippen molar-refractivity contribution >= 4 is 6.29 Å². The molecule has 0 spiro atoms. The van der Waals surface area contributed by atoms with Crippen molar-refractivity contribution in [1.29, 1.82) is 0 Å². The fourth-order valence-corrected chi connectivity index (χ4v) is 1.08. The van der Waals surface area contributed by atoms with E-state index in [-0.39, 0.29) is 0 Å². The predicted octanol–water partition coefficient (Wildman–Crippen LogP) is 2.36. The van der Waals surface area contributed by atoms with E-state index in [4.69, 9.17) is 4.42 Å². The van der Waals surface area contributed by atoms with Gasteiger partial charge in [0.15, 0.2) is 0 Å². The van der Waals surface area contributed by atoms with Crippen molar-refractivity contribution < 1.29 is 4.42 Å². The largest absolute Gasteiger partial charge is 0.352 e. The van der Waals surface area contributed by atoms with Crippen LogP contribution < -0.4 is 0 Å². The summed E-state index contributed by atoms with van der Waals surface area (Å²) >= 11 is 0. The molecule has 0 aliphatic carbocycles. The van der Waals surface area contributed by atoms with E-state index in [2.05, 4.69) is 13.8 Å². The second kappa shape index (κ2) is 3.35. The second-order valence-corrected chi connectivity index (χ2v) is 2.29. The Kier molecular flexibility index (Phi) is 2.43. The van der Waals surface area contributed by atoms with Crippen LogP contribution in [0.1, 0.15) is 26.7 Å². The Labute approximate surface area is 61.8 Å². The Balaban J connectivity index is 2.81. The van der Waals surface area contributed by atoms with E-state index >= 15 is 0 Å². The van der Waals surface area contributed by atoms with Crippen LogP contribution in [0.4, 0.5) is 0 Å². The molecule has 0 fully saturated rings. The number of carbonyl (C=O) groups excluding carboxylic acids is 1. The summed E-state index contributed by atoms with van der Waals surface area (Å²) in [6.07, 6.45) is 7.84. The minimum absolute atomic E-state index is 1.05. The van der Waals surface area contributed by atoms with Gasteiger partial charge in [-0.05, 0) is 12.8 Å². The first kappa shape index (κ1) is 7.26. The van der Waals surface area contributed by atoms with Crippen molar-refractivity contribution in [2.45, 2.75) is 26.7 Å². The predicted molar refractivity (Wildman–Crippen MR) is 42.8 cm³/mol. The zero-order chi connectivity index (χ0) is 7.40. The lowest BCUT2D eigenvalue weighted by atomic mass is 10.1. The van der Waals surface area contributed by atoms with Crippen LogP contribution in [0.3, 0.4) is 0 Å². The van der Waals surface area contributed by atoms with E-state index in [1.807, 2.05) is 12.2 Å². The molecule has 0 radical (unpaired) electrons. The second-order valence-electron chi connectivity index (χ2n) is 2.29. The summed E-state index contributed by atoms with van der Waals surface area (Å²) in [7, 11) is 0. The summed E-state index contributed by atoms with van der Waals surface area (Å²) in [6, 6.07) is 0. The standard InChI is InChI=1S/C9H13O/c1-3-8(4-2)9-6-5-7-10-9/h5-7H,3-4H2,1-2H3/q+1. The first-order valence-electron chi connectivity index (χ1n) is 3.77. The lowest BCUT2D eigenvalue weighted by Gasteiger charge is -1.91. The van der Waals surface area contributed by atoms with Crippen LogP contribution in [-0.2, 0) is 4.42 Å². The molecule has 0 N–H and O–H groups in total. The molecule has 1 nitrogen and oxygen atoms in total. The molecular formula is C9H13O+. The van der Waals surface area contributed by atoms with Gasteiger partial charge in [0.05, 0.1) is 6.08 Å². The Morgan fingerprint density at radius 3 is 2.50 bits per heavy atom. The molecule has 10 heavy (non-hydrogen) atoms. The van der Waals surface area contributed by atoms with E-state index in [1.54, 1.807) is 6.29 Å². The lowest BCUT2D eigenvalue weighted by molar-refractivity contribution is -0.382. The quantitative estimate of drug-likeness (QED) is 0.409. The van der Waals surface area contributed by atoms with Gasteiger partial charge in [-0.15, -0.1) is 0 Å². The average Bonchev–Trinajstić information content (AvgIpc) is 2.43. The van der Waals surface area contributed by atoms with Crippen molar-refractivity contribution in [1.82, 2.24) is 0 Å². The van der Waals surface area contributed by atoms with E-state index in [0.717, 1.165) is 18.6 Å². The van der Waals surface area contributed by atoms with Gasteiger partial charge < -0.3 is 0 Å². The molecule has 0 atom stereocenters. The SMILES string of the molecule is CCC(CC)=C1C=CC=[O+]1. The molecule has 1 heterocycles. The first-order chi connectivity index (χ1) is 4.88. The van der Waals surface area contributed by atoms with Gasteiger partial charge in [0.1, 0.15) is 0 Å². The summed E-state index contributed by atoms with van der Waals surface area (Å²) in [5.41, 5.74) is 1.39. The van der Waals surface area contributed by atoms with Gasteiger partial charge in [-0.1, -0.05) is 13.8 Å². The van der Waals surface area contributed by atoms with Gasteiger partial charge >= 0.3 is 12.0 Å². The van der Waals surface area contributed by atoms with Gasteiger partial charge in [-0.2, -0.15) is 0 Å². The van der Waals surface area contributed by atoms with Gasteiger partial charge in [-0.3, -0.25) is 0 Å². The molecule has 0 aromatic carbocycles. The third-order valence-electron chi connectivity index (χ3n) is 1.72. The smallest absolute Gasteiger partial charge is 0.216 e. The maximum atomic E-state index is 5.24. The topological polar surface area (TPSA) is 11.3 Å². The molecule has 0 unspecified atom stereocenters. The van der Waals surface area contributed by atoms with Crippen LogP contribution >= 0.6 is 0 Å². The molecule has 1 rings (SSSR count). The molecular weight excluding hydrogens is 124 g/mol. The monoisotopic (exact) mass is 137 g/mol. The van der Waals surface area contributed by atoms with Crippen LogP contribution in [0.15, 0.2) is 23.5 Å². The highest BCUT2D eigenvalue weighted by Crippen LogP contribution is 2.14. The van der Waals surface area contributed by atoms with Gasteiger partial charge in [0.2, 0.25) is 0 Å². The number of hydrogen-bond donors (Lipinski definition) is 0. The van der Waals surface area contributed by atoms with E-state index in [0.29, 0.717) is 0 Å². The molecule has 1 aliphatic rings. The highest BCUT2D eigenvalue weighted by atomic mass is 16.4. The molecule has 0 bridgehead atoms. The van der Waals surface area contributed by atoms with Gasteiger partial charge in [0.25, 0.3) is 0 Å². The van der Waals surface area contributed by atoms with Crippen LogP contribution in [0.5, 0.6) is 0 Å². The molecule has 1 aliphatic heterocycles. The summed E-state index contributed by atoms with van der Waals surface area (Å²) in [6.45, 7) is 4.31. The zero-order valence-electron chi connectivity index (χ0n) is 6.55. The van der Waals surface area contributed by atoms with Crippen molar-refractivity contribution in [2.24, 2.45) is 0 Å². The van der Waals surface area contributed by atoms with E-state index < -0.39 is 0 Å². The van der Waals surface area contributed by atoms with E-state index in [9.17, 15) is 0 Å². The third kappa shape index (κ3) is 1.35. The van der Waals surface area contributed by atoms with Crippen LogP contribution in [0, 0.1) is 0 Å². The third-order valence-corrected chi connectivity index (χ3v) is 1.72. The molecule has 1 heteroatoms. The van der Waals surface area contributed by atoms with Crippen molar-refractivity contribution in [2.75, 3.05) is 0 Å². The van der Waals surface area contributed by atoms with Crippen LogP contribution in [0.25, 0.3) is 0 Å². The number of allylic oxidation sites excluding steroid dienone is 3. The Hall–Kier alpha value is -0.850. The summed E-state index contributed by atoms with van der Waals surface area (Å²) < 4.78 is 5.24. The molecule has 0 saturated heterocycles. The van der Waals surface area contributed by atoms with Crippen molar-refractivity contribution in [3.05, 3.63) is 23.5 Å². The molecule has 0 aromatic rings. The highest BCUT2D eigenvalue weighted by molar-refractivity contribution is 5.69. The number of rotatable bonds is 2. The molecule has 54 valence electrons. The maximum Gasteiger partial charge on any atom is 0.352 e. The summed E-state index contributed by atoms with van der Waals surface area (Å²) in [5.74, 6) is 1.05. The zero-order valence-corrected chi connectivity index (χ0v) is 6.55. The minimum atomic E-state index is 1.05. The van der Waals surface area contributed by atoms with Crippen LogP contribution in [0.2, 0.25) is 0 Å². The Morgan fingerprint density at radius 2 is 2.10 bits per heavy atom. The van der Waals surface area contributed by atoms with Gasteiger partial charge in [0, 0.05) is 11.6 Å². The van der Waals surface area contributed by atoms with Crippen molar-refractivity contribution in [3.8, 4) is 0 Å². The first-order valence-corrected chi connectivity index (χ1v) is 3.77. The summed E-state index contributed by atoms with van der Waals surface area (Å²) in [4.78, 5) is 0. The Bertz CT molecular complexity index is 177. The van der Waals surface area contributed by atoms with Crippen LogP contribution in [-0.4, -0.2) is 6.29 Å². The van der Waals surface area contributed by atoms with E-state index in [1.165, 1.54) is 5.57 Å². The molecule has 0 saturated carbocycles. The normalized spacial score (nSPS) is 14.8. The summed E-state index contributed by atoms with van der Waals surface area (Å²) in [5, 5.41) is 0. The molecule has 0 aromatic heterocycles. The number of aldehydes is 1. The highest BCUT2D eigenvalue weighted by Gasteiger charge is 2.12. The minimum Gasteiger partial charge on any atom is -0.216 e. The number of hydrogen-bond acceptors (Lipinski definition) is 0. The fourth-order valence-electron chi connectivity index (χ4n) is 1.08. The fraction of sp³-hybridized carbons (Fsp3) is 0.444. The average molecular weight is 137 g/mol. The Morgan fingerprint density at radius 1 is 1.40 bits per heavy atom. The molecule has 0 amide bonds. The van der Waals surface area contributed by atoms with Crippen molar-refractivity contribution in [3.63, 3.8) is 0 Å². The maximum absolute atomic E-state index is 5.24.